The molecule has 1 fully saturated rings. The Labute approximate surface area is 142 Å². The van der Waals surface area contributed by atoms with Gasteiger partial charge in [0, 0.05) is 24.3 Å². The molecule has 0 bridgehead atoms. The summed E-state index contributed by atoms with van der Waals surface area (Å²) >= 11 is 1.37. The minimum absolute atomic E-state index is 0.115. The van der Waals surface area contributed by atoms with Gasteiger partial charge in [0.2, 0.25) is 0 Å². The second kappa shape index (κ2) is 6.24. The van der Waals surface area contributed by atoms with E-state index in [2.05, 4.69) is 4.98 Å². The van der Waals surface area contributed by atoms with E-state index in [1.54, 1.807) is 22.7 Å². The second-order valence-electron chi connectivity index (χ2n) is 5.91. The number of amides is 1. The highest BCUT2D eigenvalue weighted by Gasteiger charge is 2.31. The number of furan rings is 1. The lowest BCUT2D eigenvalue weighted by Gasteiger charge is -2.28. The third-order valence-corrected chi connectivity index (χ3v) is 5.23. The summed E-state index contributed by atoms with van der Waals surface area (Å²) in [6, 6.07) is 3.60. The van der Waals surface area contributed by atoms with E-state index in [1.807, 2.05) is 12.1 Å². The molecule has 0 radical (unpaired) electrons. The Hall–Kier alpha value is -2.41. The van der Waals surface area contributed by atoms with E-state index in [-0.39, 0.29) is 23.1 Å². The summed E-state index contributed by atoms with van der Waals surface area (Å²) in [5.41, 5.74) is -0.196. The number of carbonyl (C=O) groups excluding carboxylic acids is 1. The van der Waals surface area contributed by atoms with Crippen LogP contribution in [0.5, 0.6) is 0 Å². The van der Waals surface area contributed by atoms with Gasteiger partial charge in [-0.2, -0.15) is 0 Å². The van der Waals surface area contributed by atoms with Crippen LogP contribution in [0.1, 0.15) is 47.8 Å². The van der Waals surface area contributed by atoms with Crippen molar-refractivity contribution < 1.29 is 9.21 Å². The number of rotatable bonds is 2. The fraction of sp³-hybridized carbons (Fsp3) is 0.353. The molecular formula is C17H17N3O3S. The number of fused-ring (bicyclic) bond motifs is 1. The molecule has 0 saturated carbocycles. The van der Waals surface area contributed by atoms with Gasteiger partial charge in [0.15, 0.2) is 4.96 Å². The van der Waals surface area contributed by atoms with Crippen molar-refractivity contribution in [3.63, 3.8) is 0 Å². The summed E-state index contributed by atoms with van der Waals surface area (Å²) in [5.74, 6) is 0.506. The van der Waals surface area contributed by atoms with Gasteiger partial charge in [-0.3, -0.25) is 14.0 Å². The van der Waals surface area contributed by atoms with Gasteiger partial charge in [0.25, 0.3) is 11.5 Å². The van der Waals surface area contributed by atoms with Crippen LogP contribution in [-0.4, -0.2) is 26.7 Å². The Kier molecular flexibility index (Phi) is 3.93. The zero-order chi connectivity index (χ0) is 16.5. The van der Waals surface area contributed by atoms with Gasteiger partial charge in [-0.15, -0.1) is 11.3 Å². The fourth-order valence-electron chi connectivity index (χ4n) is 3.25. The molecule has 24 heavy (non-hydrogen) atoms. The second-order valence-corrected chi connectivity index (χ2v) is 6.78. The highest BCUT2D eigenvalue weighted by Crippen LogP contribution is 2.31. The van der Waals surface area contributed by atoms with E-state index < -0.39 is 0 Å². The zero-order valence-electron chi connectivity index (χ0n) is 13.1. The van der Waals surface area contributed by atoms with Crippen molar-refractivity contribution in [2.75, 3.05) is 6.54 Å². The number of carbonyl (C=O) groups is 1. The summed E-state index contributed by atoms with van der Waals surface area (Å²) in [5, 5.41) is 1.79. The molecule has 7 heteroatoms. The Morgan fingerprint density at radius 1 is 1.33 bits per heavy atom. The summed E-state index contributed by atoms with van der Waals surface area (Å²) in [6.45, 7) is 0.621. The van der Waals surface area contributed by atoms with Gasteiger partial charge in [0.1, 0.15) is 11.3 Å². The smallest absolute Gasteiger partial charge is 0.271 e. The fourth-order valence-corrected chi connectivity index (χ4v) is 3.93. The number of aromatic nitrogens is 2. The highest BCUT2D eigenvalue weighted by molar-refractivity contribution is 7.15. The SMILES string of the molecule is O=C(c1cnc2sccn2c1=O)N1CCCCC[C@@H]1c1ccco1. The molecule has 3 aromatic rings. The molecule has 1 atom stereocenters. The normalized spacial score (nSPS) is 18.7. The molecule has 1 aliphatic rings. The van der Waals surface area contributed by atoms with E-state index in [0.29, 0.717) is 11.5 Å². The summed E-state index contributed by atoms with van der Waals surface area (Å²) in [7, 11) is 0. The summed E-state index contributed by atoms with van der Waals surface area (Å²) < 4.78 is 6.97. The number of likely N-dealkylation sites (tertiary alicyclic amines) is 1. The first-order valence-electron chi connectivity index (χ1n) is 8.05. The van der Waals surface area contributed by atoms with Gasteiger partial charge < -0.3 is 9.32 Å². The van der Waals surface area contributed by atoms with Crippen molar-refractivity contribution in [1.82, 2.24) is 14.3 Å². The van der Waals surface area contributed by atoms with Gasteiger partial charge in [-0.1, -0.05) is 12.8 Å². The standard InChI is InChI=1S/C17H17N3O3S/c21-15(12-11-18-17-20(16(12)22)8-10-24-17)19-7-3-1-2-5-13(19)14-6-4-9-23-14/h4,6,8-11,13H,1-3,5,7H2/t13-/m1/s1. The minimum Gasteiger partial charge on any atom is -0.467 e. The molecule has 1 amide bonds. The maximum atomic E-state index is 13.1. The molecule has 6 nitrogen and oxygen atoms in total. The quantitative estimate of drug-likeness (QED) is 0.717. The van der Waals surface area contributed by atoms with E-state index in [9.17, 15) is 9.59 Å². The molecule has 4 heterocycles. The third kappa shape index (κ3) is 2.54. The van der Waals surface area contributed by atoms with E-state index >= 15 is 0 Å². The van der Waals surface area contributed by atoms with Crippen LogP contribution in [0, 0.1) is 0 Å². The van der Waals surface area contributed by atoms with Crippen molar-refractivity contribution in [2.24, 2.45) is 0 Å². The Bertz CT molecular complexity index is 913. The first kappa shape index (κ1) is 15.1. The number of hydrogen-bond acceptors (Lipinski definition) is 5. The van der Waals surface area contributed by atoms with Crippen LogP contribution in [0.2, 0.25) is 0 Å². The van der Waals surface area contributed by atoms with Crippen LogP contribution in [0.25, 0.3) is 4.96 Å². The highest BCUT2D eigenvalue weighted by atomic mass is 32.1. The monoisotopic (exact) mass is 343 g/mol. The van der Waals surface area contributed by atoms with Crippen LogP contribution in [-0.2, 0) is 0 Å². The van der Waals surface area contributed by atoms with Crippen LogP contribution in [0.15, 0.2) is 45.4 Å². The van der Waals surface area contributed by atoms with Crippen LogP contribution < -0.4 is 5.56 Å². The summed E-state index contributed by atoms with van der Waals surface area (Å²) in [6.07, 6.45) is 8.56. The van der Waals surface area contributed by atoms with Crippen LogP contribution >= 0.6 is 11.3 Å². The lowest BCUT2D eigenvalue weighted by molar-refractivity contribution is 0.0656. The van der Waals surface area contributed by atoms with Gasteiger partial charge >= 0.3 is 0 Å². The number of thiazole rings is 1. The van der Waals surface area contributed by atoms with Crippen molar-refractivity contribution in [2.45, 2.75) is 31.7 Å². The molecule has 0 spiro atoms. The molecular weight excluding hydrogens is 326 g/mol. The van der Waals surface area contributed by atoms with Gasteiger partial charge in [-0.05, 0) is 25.0 Å². The molecule has 0 unspecified atom stereocenters. The molecule has 1 aliphatic heterocycles. The Balaban J connectivity index is 1.74. The average Bonchev–Trinajstić information content (AvgIpc) is 3.23. The molecule has 0 aromatic carbocycles. The van der Waals surface area contributed by atoms with E-state index in [4.69, 9.17) is 4.42 Å². The molecule has 3 aromatic heterocycles. The Morgan fingerprint density at radius 3 is 3.08 bits per heavy atom. The van der Waals surface area contributed by atoms with Crippen LogP contribution in [0.3, 0.4) is 0 Å². The molecule has 4 rings (SSSR count). The van der Waals surface area contributed by atoms with E-state index in [1.165, 1.54) is 21.9 Å². The number of hydrogen-bond donors (Lipinski definition) is 0. The van der Waals surface area contributed by atoms with Crippen molar-refractivity contribution >= 4 is 22.2 Å². The predicted octanol–water partition coefficient (Wildman–Crippen LogP) is 3.11. The topological polar surface area (TPSA) is 67.8 Å². The van der Waals surface area contributed by atoms with E-state index in [0.717, 1.165) is 31.4 Å². The van der Waals surface area contributed by atoms with Gasteiger partial charge in [0.05, 0.1) is 12.3 Å². The minimum atomic E-state index is -0.311. The molecule has 1 saturated heterocycles. The van der Waals surface area contributed by atoms with Crippen molar-refractivity contribution in [3.8, 4) is 0 Å². The first-order chi connectivity index (χ1) is 11.8. The third-order valence-electron chi connectivity index (χ3n) is 4.46. The molecule has 0 aliphatic carbocycles. The lowest BCUT2D eigenvalue weighted by Crippen LogP contribution is -2.38. The predicted molar refractivity (Wildman–Crippen MR) is 90.3 cm³/mol. The largest absolute Gasteiger partial charge is 0.467 e. The molecule has 124 valence electrons. The lowest BCUT2D eigenvalue weighted by atomic mass is 10.1. The number of nitrogens with zero attached hydrogens (tertiary/aromatic N) is 3. The zero-order valence-corrected chi connectivity index (χ0v) is 13.9. The van der Waals surface area contributed by atoms with Gasteiger partial charge in [-0.25, -0.2) is 4.98 Å². The maximum Gasteiger partial charge on any atom is 0.271 e. The Morgan fingerprint density at radius 2 is 2.25 bits per heavy atom. The first-order valence-corrected chi connectivity index (χ1v) is 8.93. The average molecular weight is 343 g/mol. The summed E-state index contributed by atoms with van der Waals surface area (Å²) in [4.78, 5) is 32.3. The maximum absolute atomic E-state index is 13.1. The van der Waals surface area contributed by atoms with Crippen molar-refractivity contribution in [1.29, 1.82) is 0 Å². The van der Waals surface area contributed by atoms with Crippen molar-refractivity contribution in [3.05, 3.63) is 57.8 Å². The van der Waals surface area contributed by atoms with Crippen LogP contribution in [0.4, 0.5) is 0 Å². The molecule has 0 N–H and O–H groups in total.